The molecule has 176 valence electrons. The molecule has 5 rings (SSSR count). The number of hydrogen-bond donors (Lipinski definition) is 2. The standard InChI is InChI=1S/C22H18Cl2N4O5S/c23-13-4-5-14(24)19-18(13)20(30)27(21(31)26-19)7-1-2-12-9-28(22(32)33-12)11-3-6-16-15(8-11)25-17(29)10-34-16/h3-6,8,12H,1-2,7,9-10H2,(H,25,29)(H,26,31). The van der Waals surface area contributed by atoms with Gasteiger partial charge in [-0.15, -0.1) is 11.8 Å². The van der Waals surface area contributed by atoms with E-state index in [1.54, 1.807) is 6.07 Å². The fraction of sp³-hybridized carbons (Fsp3) is 0.273. The fourth-order valence-electron chi connectivity index (χ4n) is 4.09. The fourth-order valence-corrected chi connectivity index (χ4v) is 5.32. The molecule has 2 aliphatic rings. The van der Waals surface area contributed by atoms with Gasteiger partial charge < -0.3 is 15.0 Å². The first-order chi connectivity index (χ1) is 16.3. The molecule has 2 aliphatic heterocycles. The van der Waals surface area contributed by atoms with E-state index in [-0.39, 0.29) is 33.4 Å². The maximum atomic E-state index is 12.9. The smallest absolute Gasteiger partial charge is 0.414 e. The molecular formula is C22H18Cl2N4O5S. The van der Waals surface area contributed by atoms with Crippen LogP contribution in [0.25, 0.3) is 10.9 Å². The lowest BCUT2D eigenvalue weighted by Crippen LogP contribution is -2.35. The van der Waals surface area contributed by atoms with Crippen molar-refractivity contribution in [3.8, 4) is 0 Å². The summed E-state index contributed by atoms with van der Waals surface area (Å²) in [5.41, 5.74) is 0.401. The summed E-state index contributed by atoms with van der Waals surface area (Å²) in [6.45, 7) is 0.451. The summed E-state index contributed by atoms with van der Waals surface area (Å²) >= 11 is 13.7. The van der Waals surface area contributed by atoms with Gasteiger partial charge in [-0.3, -0.25) is 19.1 Å². The Balaban J connectivity index is 1.27. The number of ether oxygens (including phenoxy) is 1. The van der Waals surface area contributed by atoms with Gasteiger partial charge in [0.2, 0.25) is 5.91 Å². The van der Waals surface area contributed by atoms with Gasteiger partial charge in [0, 0.05) is 17.1 Å². The van der Waals surface area contributed by atoms with Crippen LogP contribution in [0.3, 0.4) is 0 Å². The molecule has 9 nitrogen and oxygen atoms in total. The van der Waals surface area contributed by atoms with Gasteiger partial charge in [-0.2, -0.15) is 0 Å². The van der Waals surface area contributed by atoms with Crippen molar-refractivity contribution in [3.63, 3.8) is 0 Å². The first-order valence-electron chi connectivity index (χ1n) is 10.5. The van der Waals surface area contributed by atoms with E-state index in [9.17, 15) is 19.2 Å². The first-order valence-corrected chi connectivity index (χ1v) is 12.2. The van der Waals surface area contributed by atoms with Gasteiger partial charge >= 0.3 is 11.8 Å². The van der Waals surface area contributed by atoms with Crippen molar-refractivity contribution in [3.05, 3.63) is 61.2 Å². The molecule has 1 fully saturated rings. The number of halogens is 2. The van der Waals surface area contributed by atoms with E-state index in [0.29, 0.717) is 36.5 Å². The van der Waals surface area contributed by atoms with Gasteiger partial charge in [-0.1, -0.05) is 23.2 Å². The molecule has 0 radical (unpaired) electrons. The molecule has 2 N–H and O–H groups in total. The number of aromatic amines is 1. The summed E-state index contributed by atoms with van der Waals surface area (Å²) < 4.78 is 6.55. The number of nitrogens with zero attached hydrogens (tertiary/aromatic N) is 2. The number of fused-ring (bicyclic) bond motifs is 2. The molecule has 12 heteroatoms. The Morgan fingerprint density at radius 3 is 2.71 bits per heavy atom. The monoisotopic (exact) mass is 520 g/mol. The minimum Gasteiger partial charge on any atom is -0.444 e. The number of hydrogen-bond acceptors (Lipinski definition) is 6. The minimum absolute atomic E-state index is 0.0843. The lowest BCUT2D eigenvalue weighted by molar-refractivity contribution is -0.113. The Bertz CT molecular complexity index is 1450. The zero-order valence-electron chi connectivity index (χ0n) is 17.6. The second-order valence-corrected chi connectivity index (χ2v) is 9.77. The van der Waals surface area contributed by atoms with Crippen molar-refractivity contribution in [2.24, 2.45) is 0 Å². The Morgan fingerprint density at radius 1 is 1.09 bits per heavy atom. The Hall–Kier alpha value is -2.95. The van der Waals surface area contributed by atoms with Crippen molar-refractivity contribution in [2.45, 2.75) is 30.4 Å². The molecule has 1 unspecified atom stereocenters. The molecule has 1 atom stereocenters. The van der Waals surface area contributed by atoms with E-state index in [1.165, 1.54) is 28.8 Å². The van der Waals surface area contributed by atoms with Crippen LogP contribution in [0, 0.1) is 0 Å². The number of benzene rings is 2. The van der Waals surface area contributed by atoms with Gasteiger partial charge in [-0.05, 0) is 43.2 Å². The number of carbonyl (C=O) groups excluding carboxylic acids is 2. The molecule has 1 aromatic heterocycles. The average molecular weight is 521 g/mol. The number of thioether (sulfide) groups is 1. The highest BCUT2D eigenvalue weighted by atomic mass is 35.5. The van der Waals surface area contributed by atoms with Crippen LogP contribution in [0.1, 0.15) is 12.8 Å². The lowest BCUT2D eigenvalue weighted by atomic mass is 10.2. The summed E-state index contributed by atoms with van der Waals surface area (Å²) in [7, 11) is 0. The van der Waals surface area contributed by atoms with E-state index in [2.05, 4.69) is 10.3 Å². The predicted octanol–water partition coefficient (Wildman–Crippen LogP) is 3.85. The van der Waals surface area contributed by atoms with E-state index >= 15 is 0 Å². The first kappa shape index (κ1) is 22.8. The van der Waals surface area contributed by atoms with Gasteiger partial charge in [0.15, 0.2) is 0 Å². The molecule has 34 heavy (non-hydrogen) atoms. The van der Waals surface area contributed by atoms with Crippen molar-refractivity contribution in [1.29, 1.82) is 0 Å². The number of amides is 2. The molecule has 0 spiro atoms. The number of rotatable bonds is 5. The summed E-state index contributed by atoms with van der Waals surface area (Å²) in [4.78, 5) is 54.5. The third kappa shape index (κ3) is 4.17. The van der Waals surface area contributed by atoms with Crippen molar-refractivity contribution < 1.29 is 14.3 Å². The van der Waals surface area contributed by atoms with E-state index in [4.69, 9.17) is 27.9 Å². The maximum Gasteiger partial charge on any atom is 0.414 e. The number of nitrogens with one attached hydrogen (secondary N) is 2. The average Bonchev–Trinajstić information content (AvgIpc) is 3.18. The minimum atomic E-state index is -0.583. The summed E-state index contributed by atoms with van der Waals surface area (Å²) in [5.74, 6) is 0.279. The number of aromatic nitrogens is 2. The third-order valence-electron chi connectivity index (χ3n) is 5.73. The van der Waals surface area contributed by atoms with Crippen molar-refractivity contribution in [1.82, 2.24) is 9.55 Å². The number of carbonyl (C=O) groups is 2. The molecule has 3 heterocycles. The van der Waals surface area contributed by atoms with Crippen molar-refractivity contribution >= 4 is 69.2 Å². The van der Waals surface area contributed by atoms with Gasteiger partial charge in [0.05, 0.1) is 38.9 Å². The summed E-state index contributed by atoms with van der Waals surface area (Å²) in [5, 5.41) is 3.41. The normalized spacial score (nSPS) is 17.6. The van der Waals surface area contributed by atoms with Crippen LogP contribution in [0.15, 0.2) is 44.8 Å². The Kier molecular flexibility index (Phi) is 6.05. The van der Waals surface area contributed by atoms with Crippen LogP contribution < -0.4 is 21.5 Å². The number of anilines is 2. The van der Waals surface area contributed by atoms with Crippen LogP contribution in [0.5, 0.6) is 0 Å². The van der Waals surface area contributed by atoms with Crippen LogP contribution in [-0.4, -0.2) is 40.0 Å². The second-order valence-electron chi connectivity index (χ2n) is 7.94. The third-order valence-corrected chi connectivity index (χ3v) is 7.43. The summed E-state index contributed by atoms with van der Waals surface area (Å²) in [6, 6.07) is 8.46. The lowest BCUT2D eigenvalue weighted by Gasteiger charge is -2.20. The molecule has 2 aromatic carbocycles. The second kappa shape index (κ2) is 9.01. The zero-order chi connectivity index (χ0) is 24.0. The van der Waals surface area contributed by atoms with Gasteiger partial charge in [-0.25, -0.2) is 9.59 Å². The molecule has 1 saturated heterocycles. The topological polar surface area (TPSA) is 114 Å². The van der Waals surface area contributed by atoms with Crippen molar-refractivity contribution in [2.75, 3.05) is 22.5 Å². The largest absolute Gasteiger partial charge is 0.444 e. The van der Waals surface area contributed by atoms with E-state index < -0.39 is 23.4 Å². The number of H-pyrrole nitrogens is 1. The van der Waals surface area contributed by atoms with E-state index in [1.807, 2.05) is 12.1 Å². The zero-order valence-corrected chi connectivity index (χ0v) is 19.9. The quantitative estimate of drug-likeness (QED) is 0.528. The molecule has 0 saturated carbocycles. The summed E-state index contributed by atoms with van der Waals surface area (Å²) in [6.07, 6.45) is -0.00914. The maximum absolute atomic E-state index is 12.9. The van der Waals surface area contributed by atoms with E-state index in [0.717, 1.165) is 9.46 Å². The molecule has 3 aromatic rings. The SMILES string of the molecule is O=C1CSc2ccc(N3CC(CCCn4c(=O)[nH]c5c(Cl)ccc(Cl)c5c4=O)OC3=O)cc2N1. The Morgan fingerprint density at radius 2 is 1.88 bits per heavy atom. The highest BCUT2D eigenvalue weighted by molar-refractivity contribution is 8.00. The van der Waals surface area contributed by atoms with Crippen LogP contribution >= 0.6 is 35.0 Å². The predicted molar refractivity (Wildman–Crippen MR) is 131 cm³/mol. The number of cyclic esters (lactones) is 1. The van der Waals surface area contributed by atoms with Crippen LogP contribution in [-0.2, 0) is 16.1 Å². The molecular weight excluding hydrogens is 503 g/mol. The highest BCUT2D eigenvalue weighted by Gasteiger charge is 2.32. The molecule has 0 aliphatic carbocycles. The van der Waals surface area contributed by atoms with Crippen LogP contribution in [0.2, 0.25) is 10.0 Å². The molecule has 0 bridgehead atoms. The molecule has 2 amide bonds. The highest BCUT2D eigenvalue weighted by Crippen LogP contribution is 2.35. The van der Waals surface area contributed by atoms with Crippen LogP contribution in [0.4, 0.5) is 16.2 Å². The van der Waals surface area contributed by atoms with Gasteiger partial charge in [0.1, 0.15) is 6.10 Å². The Labute approximate surface area is 207 Å². The van der Waals surface area contributed by atoms with Gasteiger partial charge in [0.25, 0.3) is 5.56 Å².